The van der Waals surface area contributed by atoms with E-state index in [2.05, 4.69) is 29.7 Å². The molecule has 0 atom stereocenters. The lowest BCUT2D eigenvalue weighted by molar-refractivity contribution is -0.116. The lowest BCUT2D eigenvalue weighted by Crippen LogP contribution is -2.28. The molecule has 0 bridgehead atoms. The molecular formula is C16H24N2O. The second-order valence-electron chi connectivity index (χ2n) is 5.33. The zero-order chi connectivity index (χ0) is 13.5. The molecule has 2 N–H and O–H groups in total. The van der Waals surface area contributed by atoms with Crippen LogP contribution in [0.25, 0.3) is 0 Å². The van der Waals surface area contributed by atoms with Gasteiger partial charge in [-0.05, 0) is 62.4 Å². The van der Waals surface area contributed by atoms with E-state index in [-0.39, 0.29) is 5.91 Å². The van der Waals surface area contributed by atoms with Gasteiger partial charge in [0.2, 0.25) is 5.91 Å². The Morgan fingerprint density at radius 1 is 1.37 bits per heavy atom. The number of aryl methyl sites for hydroxylation is 1. The molecule has 2 rings (SSSR count). The number of piperidine rings is 1. The second kappa shape index (κ2) is 7.29. The van der Waals surface area contributed by atoms with Crippen LogP contribution in [0, 0.1) is 5.92 Å². The van der Waals surface area contributed by atoms with Crippen LogP contribution in [0.5, 0.6) is 0 Å². The lowest BCUT2D eigenvalue weighted by atomic mass is 9.93. The van der Waals surface area contributed by atoms with Crippen LogP contribution in [0.15, 0.2) is 24.3 Å². The largest absolute Gasteiger partial charge is 0.326 e. The fraction of sp³-hybridized carbons (Fsp3) is 0.562. The van der Waals surface area contributed by atoms with Gasteiger partial charge in [0.15, 0.2) is 0 Å². The Bertz CT molecular complexity index is 411. The van der Waals surface area contributed by atoms with Crippen molar-refractivity contribution >= 4 is 11.6 Å². The van der Waals surface area contributed by atoms with Gasteiger partial charge in [-0.1, -0.05) is 19.1 Å². The Balaban J connectivity index is 1.76. The maximum absolute atomic E-state index is 11.9. The van der Waals surface area contributed by atoms with Gasteiger partial charge in [-0.15, -0.1) is 0 Å². The Morgan fingerprint density at radius 2 is 2.16 bits per heavy atom. The second-order valence-corrected chi connectivity index (χ2v) is 5.33. The van der Waals surface area contributed by atoms with Gasteiger partial charge in [0.05, 0.1) is 0 Å². The van der Waals surface area contributed by atoms with Crippen LogP contribution in [0.3, 0.4) is 0 Å². The van der Waals surface area contributed by atoms with Crippen molar-refractivity contribution in [1.82, 2.24) is 5.32 Å². The molecule has 1 heterocycles. The molecule has 19 heavy (non-hydrogen) atoms. The minimum atomic E-state index is 0.145. The van der Waals surface area contributed by atoms with Gasteiger partial charge in [0.1, 0.15) is 0 Å². The number of hydrogen-bond acceptors (Lipinski definition) is 2. The summed E-state index contributed by atoms with van der Waals surface area (Å²) in [5, 5.41) is 6.36. The van der Waals surface area contributed by atoms with Crippen molar-refractivity contribution in [2.75, 3.05) is 18.4 Å². The number of anilines is 1. The van der Waals surface area contributed by atoms with Crippen molar-refractivity contribution < 1.29 is 4.79 Å². The monoisotopic (exact) mass is 260 g/mol. The molecule has 1 aliphatic rings. The number of carbonyl (C=O) groups excluding carboxylic acids is 1. The van der Waals surface area contributed by atoms with Gasteiger partial charge in [-0.2, -0.15) is 0 Å². The van der Waals surface area contributed by atoms with Crippen molar-refractivity contribution in [1.29, 1.82) is 0 Å². The molecule has 0 unspecified atom stereocenters. The van der Waals surface area contributed by atoms with Crippen molar-refractivity contribution in [3.05, 3.63) is 29.8 Å². The zero-order valence-electron chi connectivity index (χ0n) is 11.7. The third-order valence-electron chi connectivity index (χ3n) is 3.86. The summed E-state index contributed by atoms with van der Waals surface area (Å²) in [6, 6.07) is 8.11. The van der Waals surface area contributed by atoms with E-state index >= 15 is 0 Å². The maximum Gasteiger partial charge on any atom is 0.224 e. The van der Waals surface area contributed by atoms with Gasteiger partial charge in [0.25, 0.3) is 0 Å². The molecule has 3 nitrogen and oxygen atoms in total. The van der Waals surface area contributed by atoms with Gasteiger partial charge >= 0.3 is 0 Å². The summed E-state index contributed by atoms with van der Waals surface area (Å²) in [6.07, 6.45) is 5.07. The average Bonchev–Trinajstić information content (AvgIpc) is 2.46. The highest BCUT2D eigenvalue weighted by Gasteiger charge is 2.14. The fourth-order valence-corrected chi connectivity index (χ4v) is 2.60. The molecule has 0 saturated carbocycles. The van der Waals surface area contributed by atoms with Gasteiger partial charge < -0.3 is 10.6 Å². The van der Waals surface area contributed by atoms with Crippen molar-refractivity contribution in [3.8, 4) is 0 Å². The van der Waals surface area contributed by atoms with E-state index in [1.54, 1.807) is 0 Å². The summed E-state index contributed by atoms with van der Waals surface area (Å²) in [4.78, 5) is 11.9. The molecule has 0 spiro atoms. The summed E-state index contributed by atoms with van der Waals surface area (Å²) in [5.74, 6) is 0.862. The molecule has 1 fully saturated rings. The van der Waals surface area contributed by atoms with Crippen LogP contribution in [-0.2, 0) is 11.2 Å². The molecule has 104 valence electrons. The fourth-order valence-electron chi connectivity index (χ4n) is 2.60. The van der Waals surface area contributed by atoms with E-state index < -0.39 is 0 Å². The first-order valence-electron chi connectivity index (χ1n) is 7.37. The van der Waals surface area contributed by atoms with E-state index in [4.69, 9.17) is 0 Å². The first kappa shape index (κ1) is 14.1. The predicted molar refractivity (Wildman–Crippen MR) is 79.3 cm³/mol. The van der Waals surface area contributed by atoms with Crippen LogP contribution in [0.2, 0.25) is 0 Å². The third kappa shape index (κ3) is 4.67. The smallest absolute Gasteiger partial charge is 0.224 e. The van der Waals surface area contributed by atoms with Crippen LogP contribution >= 0.6 is 0 Å². The van der Waals surface area contributed by atoms with Crippen molar-refractivity contribution in [2.24, 2.45) is 5.92 Å². The summed E-state index contributed by atoms with van der Waals surface area (Å²) in [6.45, 7) is 4.33. The number of carbonyl (C=O) groups is 1. The minimum Gasteiger partial charge on any atom is -0.326 e. The summed E-state index contributed by atoms with van der Waals surface area (Å²) >= 11 is 0. The number of benzene rings is 1. The molecule has 1 amide bonds. The first-order chi connectivity index (χ1) is 9.28. The SMILES string of the molecule is CCc1cccc(NC(=O)CCC2CCNCC2)c1. The third-order valence-corrected chi connectivity index (χ3v) is 3.86. The van der Waals surface area contributed by atoms with Gasteiger partial charge in [0, 0.05) is 12.1 Å². The number of nitrogens with one attached hydrogen (secondary N) is 2. The van der Waals surface area contributed by atoms with E-state index in [9.17, 15) is 4.79 Å². The van der Waals surface area contributed by atoms with E-state index in [0.717, 1.165) is 31.6 Å². The number of hydrogen-bond donors (Lipinski definition) is 2. The molecule has 1 aromatic carbocycles. The van der Waals surface area contributed by atoms with Crippen LogP contribution in [0.4, 0.5) is 5.69 Å². The van der Waals surface area contributed by atoms with Crippen molar-refractivity contribution in [3.63, 3.8) is 0 Å². The molecule has 0 aliphatic carbocycles. The maximum atomic E-state index is 11.9. The number of amides is 1. The quantitative estimate of drug-likeness (QED) is 0.854. The molecule has 0 aromatic heterocycles. The molecule has 3 heteroatoms. The Hall–Kier alpha value is -1.35. The average molecular weight is 260 g/mol. The molecule has 0 radical (unpaired) electrons. The molecule has 1 aliphatic heterocycles. The predicted octanol–water partition coefficient (Wildman–Crippen LogP) is 2.97. The molecule has 1 aromatic rings. The number of rotatable bonds is 5. The van der Waals surface area contributed by atoms with Crippen LogP contribution in [-0.4, -0.2) is 19.0 Å². The van der Waals surface area contributed by atoms with Gasteiger partial charge in [-0.3, -0.25) is 4.79 Å². The lowest BCUT2D eigenvalue weighted by Gasteiger charge is -2.22. The highest BCUT2D eigenvalue weighted by atomic mass is 16.1. The normalized spacial score (nSPS) is 16.3. The summed E-state index contributed by atoms with van der Waals surface area (Å²) < 4.78 is 0. The summed E-state index contributed by atoms with van der Waals surface area (Å²) in [7, 11) is 0. The highest BCUT2D eigenvalue weighted by Crippen LogP contribution is 2.18. The first-order valence-corrected chi connectivity index (χ1v) is 7.37. The summed E-state index contributed by atoms with van der Waals surface area (Å²) in [5.41, 5.74) is 2.19. The highest BCUT2D eigenvalue weighted by molar-refractivity contribution is 5.90. The van der Waals surface area contributed by atoms with E-state index in [0.29, 0.717) is 12.3 Å². The topological polar surface area (TPSA) is 41.1 Å². The minimum absolute atomic E-state index is 0.145. The van der Waals surface area contributed by atoms with Crippen LogP contribution in [0.1, 0.15) is 38.2 Å². The Kier molecular flexibility index (Phi) is 5.40. The Labute approximate surface area is 115 Å². The van der Waals surface area contributed by atoms with Crippen LogP contribution < -0.4 is 10.6 Å². The molecular weight excluding hydrogens is 236 g/mol. The molecule has 1 saturated heterocycles. The zero-order valence-corrected chi connectivity index (χ0v) is 11.7. The Morgan fingerprint density at radius 3 is 2.89 bits per heavy atom. The van der Waals surface area contributed by atoms with Gasteiger partial charge in [-0.25, -0.2) is 0 Å². The van der Waals surface area contributed by atoms with E-state index in [1.807, 2.05) is 12.1 Å². The van der Waals surface area contributed by atoms with Crippen molar-refractivity contribution in [2.45, 2.75) is 39.0 Å². The standard InChI is InChI=1S/C16H24N2O/c1-2-13-4-3-5-15(12-13)18-16(19)7-6-14-8-10-17-11-9-14/h3-5,12,14,17H,2,6-11H2,1H3,(H,18,19). The van der Waals surface area contributed by atoms with E-state index in [1.165, 1.54) is 18.4 Å².